The summed E-state index contributed by atoms with van der Waals surface area (Å²) in [7, 11) is 2.08. The summed E-state index contributed by atoms with van der Waals surface area (Å²) in [5.74, 6) is 5.92. The van der Waals surface area contributed by atoms with Crippen LogP contribution in [-0.2, 0) is 0 Å². The molecule has 1 aromatic carbocycles. The van der Waals surface area contributed by atoms with E-state index in [1.807, 2.05) is 29.2 Å². The number of benzene rings is 1. The summed E-state index contributed by atoms with van der Waals surface area (Å²) in [6.45, 7) is 4.56. The van der Waals surface area contributed by atoms with Crippen molar-refractivity contribution in [3.63, 3.8) is 0 Å². The molecule has 1 saturated heterocycles. The van der Waals surface area contributed by atoms with Gasteiger partial charge in [0, 0.05) is 37.7 Å². The first-order valence-electron chi connectivity index (χ1n) is 7.31. The zero-order chi connectivity index (χ0) is 15.2. The highest BCUT2D eigenvalue weighted by molar-refractivity contribution is 5.96. The lowest BCUT2D eigenvalue weighted by atomic mass is 10.1. The standard InChI is InChI=1S/C17H22N2O2/c1-14-13-19(11-10-18(14)2)17(21)16-9-4-3-7-15(16)8-5-6-12-20/h3-4,7,9,14,20H,6,10-13H2,1-2H3. The Morgan fingerprint density at radius 2 is 2.14 bits per heavy atom. The van der Waals surface area contributed by atoms with Crippen LogP contribution in [0.3, 0.4) is 0 Å². The first kappa shape index (κ1) is 15.6. The van der Waals surface area contributed by atoms with Crippen molar-refractivity contribution in [2.24, 2.45) is 0 Å². The van der Waals surface area contributed by atoms with Crippen molar-refractivity contribution in [2.75, 3.05) is 33.3 Å². The molecular formula is C17H22N2O2. The number of aliphatic hydroxyl groups is 1. The monoisotopic (exact) mass is 286 g/mol. The van der Waals surface area contributed by atoms with Crippen LogP contribution in [0.5, 0.6) is 0 Å². The minimum Gasteiger partial charge on any atom is -0.395 e. The summed E-state index contributed by atoms with van der Waals surface area (Å²) in [4.78, 5) is 16.9. The molecule has 0 saturated carbocycles. The molecule has 112 valence electrons. The molecular weight excluding hydrogens is 264 g/mol. The van der Waals surface area contributed by atoms with Crippen molar-refractivity contribution in [2.45, 2.75) is 19.4 Å². The van der Waals surface area contributed by atoms with Crippen molar-refractivity contribution in [1.29, 1.82) is 0 Å². The summed E-state index contributed by atoms with van der Waals surface area (Å²) >= 11 is 0. The van der Waals surface area contributed by atoms with E-state index < -0.39 is 0 Å². The van der Waals surface area contributed by atoms with E-state index in [2.05, 4.69) is 30.7 Å². The topological polar surface area (TPSA) is 43.8 Å². The number of rotatable bonds is 2. The lowest BCUT2D eigenvalue weighted by Crippen LogP contribution is -2.52. The van der Waals surface area contributed by atoms with Gasteiger partial charge >= 0.3 is 0 Å². The third-order valence-corrected chi connectivity index (χ3v) is 3.86. The summed E-state index contributed by atoms with van der Waals surface area (Å²) in [6, 6.07) is 7.80. The van der Waals surface area contributed by atoms with Crippen molar-refractivity contribution < 1.29 is 9.90 Å². The molecule has 4 nitrogen and oxygen atoms in total. The first-order valence-corrected chi connectivity index (χ1v) is 7.31. The minimum atomic E-state index is 0.0408. The average molecular weight is 286 g/mol. The van der Waals surface area contributed by atoms with Gasteiger partial charge in [0.25, 0.3) is 5.91 Å². The number of nitrogens with zero attached hydrogens (tertiary/aromatic N) is 2. The normalized spacial score (nSPS) is 19.0. The van der Waals surface area contributed by atoms with Crippen LogP contribution in [0.1, 0.15) is 29.3 Å². The molecule has 1 unspecified atom stereocenters. The second-order valence-electron chi connectivity index (χ2n) is 5.40. The van der Waals surface area contributed by atoms with E-state index >= 15 is 0 Å². The van der Waals surface area contributed by atoms with Gasteiger partial charge in [-0.2, -0.15) is 0 Å². The lowest BCUT2D eigenvalue weighted by Gasteiger charge is -2.37. The van der Waals surface area contributed by atoms with Crippen molar-refractivity contribution in [3.8, 4) is 11.8 Å². The zero-order valence-electron chi connectivity index (χ0n) is 12.7. The number of hydrogen-bond donors (Lipinski definition) is 1. The maximum absolute atomic E-state index is 12.7. The Kier molecular flexibility index (Phi) is 5.38. The minimum absolute atomic E-state index is 0.0408. The van der Waals surface area contributed by atoms with Crippen LogP contribution < -0.4 is 0 Å². The van der Waals surface area contributed by atoms with Gasteiger partial charge in [-0.1, -0.05) is 24.0 Å². The molecule has 0 aliphatic carbocycles. The molecule has 0 radical (unpaired) electrons. The molecule has 1 aliphatic rings. The highest BCUT2D eigenvalue weighted by atomic mass is 16.2. The van der Waals surface area contributed by atoms with E-state index in [0.717, 1.165) is 25.2 Å². The van der Waals surface area contributed by atoms with Gasteiger partial charge in [-0.3, -0.25) is 4.79 Å². The third-order valence-electron chi connectivity index (χ3n) is 3.86. The second kappa shape index (κ2) is 7.26. The number of carbonyl (C=O) groups excluding carboxylic acids is 1. The van der Waals surface area contributed by atoms with E-state index in [1.54, 1.807) is 0 Å². The van der Waals surface area contributed by atoms with E-state index in [0.29, 0.717) is 18.0 Å². The Morgan fingerprint density at radius 1 is 1.38 bits per heavy atom. The van der Waals surface area contributed by atoms with Gasteiger partial charge in [0.1, 0.15) is 0 Å². The SMILES string of the molecule is CC1CN(C(=O)c2ccccc2C#CCCO)CCN1C. The van der Waals surface area contributed by atoms with Gasteiger partial charge in [0.05, 0.1) is 12.2 Å². The maximum atomic E-state index is 12.7. The Bertz CT molecular complexity index is 559. The third kappa shape index (κ3) is 3.84. The summed E-state index contributed by atoms with van der Waals surface area (Å²) < 4.78 is 0. The van der Waals surface area contributed by atoms with Crippen molar-refractivity contribution >= 4 is 5.91 Å². The van der Waals surface area contributed by atoms with Gasteiger partial charge < -0.3 is 14.9 Å². The van der Waals surface area contributed by atoms with Crippen molar-refractivity contribution in [3.05, 3.63) is 35.4 Å². The number of hydrogen-bond acceptors (Lipinski definition) is 3. The fourth-order valence-corrected chi connectivity index (χ4v) is 2.40. The molecule has 0 bridgehead atoms. The molecule has 4 heteroatoms. The molecule has 1 amide bonds. The van der Waals surface area contributed by atoms with E-state index in [9.17, 15) is 4.79 Å². The van der Waals surface area contributed by atoms with Crippen LogP contribution in [-0.4, -0.2) is 60.1 Å². The molecule has 1 fully saturated rings. The second-order valence-corrected chi connectivity index (χ2v) is 5.40. The molecule has 1 N–H and O–H groups in total. The molecule has 1 heterocycles. The van der Waals surface area contributed by atoms with Gasteiger partial charge in [-0.25, -0.2) is 0 Å². The summed E-state index contributed by atoms with van der Waals surface area (Å²) in [6.07, 6.45) is 0.425. The largest absolute Gasteiger partial charge is 0.395 e. The van der Waals surface area contributed by atoms with Crippen LogP contribution >= 0.6 is 0 Å². The highest BCUT2D eigenvalue weighted by Crippen LogP contribution is 2.15. The smallest absolute Gasteiger partial charge is 0.255 e. The summed E-state index contributed by atoms with van der Waals surface area (Å²) in [5, 5.41) is 8.80. The fraction of sp³-hybridized carbons (Fsp3) is 0.471. The summed E-state index contributed by atoms with van der Waals surface area (Å²) in [5.41, 5.74) is 1.39. The molecule has 1 aromatic rings. The van der Waals surface area contributed by atoms with Crippen LogP contribution in [0.2, 0.25) is 0 Å². The predicted octanol–water partition coefficient (Wildman–Crippen LogP) is 1.20. The van der Waals surface area contributed by atoms with Crippen LogP contribution in [0.25, 0.3) is 0 Å². The maximum Gasteiger partial charge on any atom is 0.255 e. The van der Waals surface area contributed by atoms with Crippen molar-refractivity contribution in [1.82, 2.24) is 9.80 Å². The Labute approximate surface area is 126 Å². The molecule has 0 aromatic heterocycles. The average Bonchev–Trinajstić information content (AvgIpc) is 2.50. The lowest BCUT2D eigenvalue weighted by molar-refractivity contribution is 0.0572. The van der Waals surface area contributed by atoms with Gasteiger partial charge in [-0.05, 0) is 26.1 Å². The zero-order valence-corrected chi connectivity index (χ0v) is 12.7. The highest BCUT2D eigenvalue weighted by Gasteiger charge is 2.25. The molecule has 21 heavy (non-hydrogen) atoms. The number of aliphatic hydroxyl groups excluding tert-OH is 1. The number of carbonyl (C=O) groups is 1. The van der Waals surface area contributed by atoms with Gasteiger partial charge in [0.2, 0.25) is 0 Å². The number of amides is 1. The van der Waals surface area contributed by atoms with E-state index in [4.69, 9.17) is 5.11 Å². The van der Waals surface area contributed by atoms with Crippen LogP contribution in [0, 0.1) is 11.8 Å². The van der Waals surface area contributed by atoms with Gasteiger partial charge in [0.15, 0.2) is 0 Å². The van der Waals surface area contributed by atoms with E-state index in [1.165, 1.54) is 0 Å². The fourth-order valence-electron chi connectivity index (χ4n) is 2.40. The van der Waals surface area contributed by atoms with E-state index in [-0.39, 0.29) is 12.5 Å². The first-order chi connectivity index (χ1) is 10.1. The number of piperazine rings is 1. The Balaban J connectivity index is 2.18. The molecule has 1 atom stereocenters. The van der Waals surface area contributed by atoms with Crippen LogP contribution in [0.15, 0.2) is 24.3 Å². The van der Waals surface area contributed by atoms with Gasteiger partial charge in [-0.15, -0.1) is 0 Å². The molecule has 1 aliphatic heterocycles. The quantitative estimate of drug-likeness (QED) is 0.831. The van der Waals surface area contributed by atoms with Crippen LogP contribution in [0.4, 0.5) is 0 Å². The number of likely N-dealkylation sites (N-methyl/N-ethyl adjacent to an activating group) is 1. The molecule has 2 rings (SSSR count). The Morgan fingerprint density at radius 3 is 2.86 bits per heavy atom. The molecule has 0 spiro atoms. The predicted molar refractivity (Wildman–Crippen MR) is 83.0 cm³/mol. The Hall–Kier alpha value is -1.83.